The molecule has 0 heterocycles. The Morgan fingerprint density at radius 1 is 0.328 bits per heavy atom. The van der Waals surface area contributed by atoms with Crippen LogP contribution in [-0.4, -0.2) is 0 Å². The highest BCUT2D eigenvalue weighted by Gasteiger charge is 2.48. The van der Waals surface area contributed by atoms with E-state index in [4.69, 9.17) is 0 Å². The molecule has 0 N–H and O–H groups in total. The van der Waals surface area contributed by atoms with Crippen molar-refractivity contribution in [1.82, 2.24) is 0 Å². The van der Waals surface area contributed by atoms with E-state index in [1.807, 2.05) is 0 Å². The van der Waals surface area contributed by atoms with Crippen LogP contribution in [0.2, 0.25) is 0 Å². The second-order valence-electron chi connectivity index (χ2n) is 20.8. The van der Waals surface area contributed by atoms with E-state index >= 15 is 0 Å². The van der Waals surface area contributed by atoms with Crippen molar-refractivity contribution in [3.63, 3.8) is 0 Å². The Balaban J connectivity index is 1.15. The lowest BCUT2D eigenvalue weighted by Gasteiger charge is -2.36. The minimum Gasteiger partial charge on any atom is -0.310 e. The molecule has 0 aliphatic heterocycles. The van der Waals surface area contributed by atoms with Crippen LogP contribution in [0.5, 0.6) is 0 Å². The Morgan fingerprint density at radius 3 is 1.27 bits per heavy atom. The fraction of sp³-hybridized carbons (Fsp3) is 0.182. The third kappa shape index (κ3) is 6.65. The van der Waals surface area contributed by atoms with Crippen LogP contribution in [0, 0.1) is 0 Å². The molecule has 0 saturated heterocycles. The Bertz CT molecular complexity index is 3200. The van der Waals surface area contributed by atoms with Gasteiger partial charge in [-0.15, -0.1) is 0 Å². The quantitative estimate of drug-likeness (QED) is 0.147. The van der Waals surface area contributed by atoms with E-state index in [0.29, 0.717) is 0 Å². The van der Waals surface area contributed by atoms with Crippen molar-refractivity contribution < 1.29 is 0 Å². The molecule has 0 aromatic heterocycles. The third-order valence-electron chi connectivity index (χ3n) is 15.0. The summed E-state index contributed by atoms with van der Waals surface area (Å²) in [6.07, 6.45) is 1.01. The number of fused-ring (bicyclic) bond motifs is 6. The van der Waals surface area contributed by atoms with Crippen LogP contribution in [0.25, 0.3) is 22.3 Å². The van der Waals surface area contributed by atoms with Crippen molar-refractivity contribution in [3.05, 3.63) is 280 Å². The molecule has 1 heteroatoms. The number of benzene rings is 9. The van der Waals surface area contributed by atoms with Crippen molar-refractivity contribution in [3.8, 4) is 22.3 Å². The van der Waals surface area contributed by atoms with Crippen molar-refractivity contribution in [2.75, 3.05) is 4.90 Å². The van der Waals surface area contributed by atoms with E-state index < -0.39 is 10.8 Å². The third-order valence-corrected chi connectivity index (χ3v) is 15.0. The largest absolute Gasteiger partial charge is 0.310 e. The van der Waals surface area contributed by atoms with Crippen LogP contribution in [0.15, 0.2) is 218 Å². The van der Waals surface area contributed by atoms with Gasteiger partial charge in [-0.05, 0) is 137 Å². The molecule has 1 nitrogen and oxygen atoms in total. The van der Waals surface area contributed by atoms with Crippen molar-refractivity contribution in [1.29, 1.82) is 0 Å². The Kier molecular flexibility index (Phi) is 10.1. The van der Waals surface area contributed by atoms with Gasteiger partial charge >= 0.3 is 0 Å². The van der Waals surface area contributed by atoms with Gasteiger partial charge in [0.1, 0.15) is 0 Å². The maximum atomic E-state index is 2.50. The van der Waals surface area contributed by atoms with Gasteiger partial charge in [0.2, 0.25) is 0 Å². The highest BCUT2D eigenvalue weighted by Crippen LogP contribution is 2.59. The van der Waals surface area contributed by atoms with E-state index in [1.165, 1.54) is 83.5 Å². The first-order valence-electron chi connectivity index (χ1n) is 24.1. The first kappa shape index (κ1) is 42.4. The van der Waals surface area contributed by atoms with Crippen LogP contribution in [-0.2, 0) is 28.1 Å². The summed E-state index contributed by atoms with van der Waals surface area (Å²) in [5.41, 5.74) is 21.8. The molecule has 0 amide bonds. The van der Waals surface area contributed by atoms with E-state index in [2.05, 4.69) is 272 Å². The lowest BCUT2D eigenvalue weighted by molar-refractivity contribution is 0.588. The van der Waals surface area contributed by atoms with E-state index in [1.54, 1.807) is 0 Å². The van der Waals surface area contributed by atoms with Crippen LogP contribution < -0.4 is 4.90 Å². The fourth-order valence-corrected chi connectivity index (χ4v) is 11.5. The van der Waals surface area contributed by atoms with Gasteiger partial charge in [0.25, 0.3) is 0 Å². The SMILES string of the molecule is CCc1ccc(C2(c3ccccc3)c3ccccc3-c3cc(N(c4ccccc4)c4ccc5c(c4)C(c4ccc(C(C)(C)C)cc4)(c4ccc(C(C)(C)C)cc4)c4ccccc4-5)ccc32)cc1. The van der Waals surface area contributed by atoms with E-state index in [-0.39, 0.29) is 10.8 Å². The first-order chi connectivity index (χ1) is 32.4. The van der Waals surface area contributed by atoms with Gasteiger partial charge in [0, 0.05) is 17.1 Å². The maximum Gasteiger partial charge on any atom is 0.0714 e. The second-order valence-corrected chi connectivity index (χ2v) is 20.8. The van der Waals surface area contributed by atoms with Gasteiger partial charge < -0.3 is 4.90 Å². The highest BCUT2D eigenvalue weighted by molar-refractivity contribution is 5.92. The van der Waals surface area contributed by atoms with Crippen LogP contribution in [0.4, 0.5) is 17.1 Å². The molecule has 0 bridgehead atoms. The second kappa shape index (κ2) is 16.0. The zero-order chi connectivity index (χ0) is 46.1. The van der Waals surface area contributed by atoms with E-state index in [9.17, 15) is 0 Å². The molecule has 0 saturated carbocycles. The lowest BCUT2D eigenvalue weighted by atomic mass is 9.67. The molecule has 2 aliphatic rings. The van der Waals surface area contributed by atoms with Crippen LogP contribution in [0.3, 0.4) is 0 Å². The van der Waals surface area contributed by atoms with Crippen LogP contribution >= 0.6 is 0 Å². The Hall–Kier alpha value is -7.22. The summed E-state index contributed by atoms with van der Waals surface area (Å²) >= 11 is 0. The normalized spacial score (nSPS) is 15.6. The minimum absolute atomic E-state index is 0.0334. The molecule has 9 aromatic rings. The van der Waals surface area contributed by atoms with Gasteiger partial charge in [-0.2, -0.15) is 0 Å². The Labute approximate surface area is 398 Å². The summed E-state index contributed by atoms with van der Waals surface area (Å²) in [6, 6.07) is 83.1. The minimum atomic E-state index is -0.559. The molecule has 0 radical (unpaired) electrons. The molecular formula is C66H59N. The molecule has 67 heavy (non-hydrogen) atoms. The van der Waals surface area contributed by atoms with Gasteiger partial charge in [-0.25, -0.2) is 0 Å². The summed E-state index contributed by atoms with van der Waals surface area (Å²) in [4.78, 5) is 2.47. The van der Waals surface area contributed by atoms with Crippen molar-refractivity contribution in [2.24, 2.45) is 0 Å². The summed E-state index contributed by atoms with van der Waals surface area (Å²) in [6.45, 7) is 16.0. The number of nitrogens with zero attached hydrogens (tertiary/aromatic N) is 1. The lowest BCUT2D eigenvalue weighted by Crippen LogP contribution is -2.29. The molecule has 1 atom stereocenters. The molecule has 9 aromatic carbocycles. The number of aryl methyl sites for hydroxylation is 1. The number of hydrogen-bond donors (Lipinski definition) is 0. The number of hydrogen-bond acceptors (Lipinski definition) is 1. The molecular weight excluding hydrogens is 807 g/mol. The number of rotatable bonds is 8. The molecule has 1 unspecified atom stereocenters. The van der Waals surface area contributed by atoms with Gasteiger partial charge in [0.15, 0.2) is 0 Å². The summed E-state index contributed by atoms with van der Waals surface area (Å²) in [7, 11) is 0. The summed E-state index contributed by atoms with van der Waals surface area (Å²) < 4.78 is 0. The first-order valence-corrected chi connectivity index (χ1v) is 24.1. The molecule has 0 fully saturated rings. The van der Waals surface area contributed by atoms with Crippen molar-refractivity contribution in [2.45, 2.75) is 76.5 Å². The summed E-state index contributed by atoms with van der Waals surface area (Å²) in [5, 5.41) is 0. The predicted molar refractivity (Wildman–Crippen MR) is 283 cm³/mol. The van der Waals surface area contributed by atoms with E-state index in [0.717, 1.165) is 23.5 Å². The maximum absolute atomic E-state index is 2.50. The average Bonchev–Trinajstić information content (AvgIpc) is 3.82. The molecule has 11 rings (SSSR count). The monoisotopic (exact) mass is 865 g/mol. The van der Waals surface area contributed by atoms with Gasteiger partial charge in [0.05, 0.1) is 10.8 Å². The van der Waals surface area contributed by atoms with Gasteiger partial charge in [-0.3, -0.25) is 0 Å². The average molecular weight is 866 g/mol. The summed E-state index contributed by atoms with van der Waals surface area (Å²) in [5.74, 6) is 0. The smallest absolute Gasteiger partial charge is 0.0714 e. The topological polar surface area (TPSA) is 3.24 Å². The molecule has 2 aliphatic carbocycles. The zero-order valence-electron chi connectivity index (χ0n) is 39.9. The highest BCUT2D eigenvalue weighted by atomic mass is 15.1. The predicted octanol–water partition coefficient (Wildman–Crippen LogP) is 17.0. The fourth-order valence-electron chi connectivity index (χ4n) is 11.5. The van der Waals surface area contributed by atoms with Crippen molar-refractivity contribution >= 4 is 17.1 Å². The zero-order valence-corrected chi connectivity index (χ0v) is 39.9. The standard InChI is InChI=1S/C66H59N/c1-8-45-27-29-49(30-28-45)65(48-19-11-9-12-20-48)60-26-18-16-24-56(60)58-43-53(40-42-61(58)65)67(52-21-13-10-14-22-52)54-39-41-57-55-23-15-17-25-59(55)66(62(57)44-54,50-35-31-46(32-36-50)63(2,3)4)51-37-33-47(34-38-51)64(5,6)7/h9-44H,8H2,1-7H3. The molecule has 0 spiro atoms. The molecule has 328 valence electrons. The Morgan fingerprint density at radius 2 is 0.731 bits per heavy atom. The number of anilines is 3. The number of para-hydroxylation sites is 1. The van der Waals surface area contributed by atoms with Crippen LogP contribution in [0.1, 0.15) is 110 Å². The van der Waals surface area contributed by atoms with Gasteiger partial charge in [-0.1, -0.05) is 230 Å².